The van der Waals surface area contributed by atoms with Crippen LogP contribution in [0.1, 0.15) is 12.8 Å². The maximum absolute atomic E-state index is 10.4. The zero-order chi connectivity index (χ0) is 12.3. The van der Waals surface area contributed by atoms with Crippen molar-refractivity contribution in [3.63, 3.8) is 0 Å². The van der Waals surface area contributed by atoms with E-state index in [2.05, 4.69) is 27.2 Å². The summed E-state index contributed by atoms with van der Waals surface area (Å²) in [4.78, 5) is 20.1. The van der Waals surface area contributed by atoms with Gasteiger partial charge in [-0.1, -0.05) is 0 Å². The molecule has 1 aliphatic rings. The molecule has 1 aliphatic heterocycles. The average molecular weight is 237 g/mol. The number of anilines is 1. The Morgan fingerprint density at radius 3 is 2.53 bits per heavy atom. The number of hydrogen-bond acceptors (Lipinski definition) is 6. The van der Waals surface area contributed by atoms with Gasteiger partial charge in [0, 0.05) is 6.04 Å². The largest absolute Gasteiger partial charge is 0.351 e. The maximum atomic E-state index is 10.4. The first-order valence-electron chi connectivity index (χ1n) is 5.56. The van der Waals surface area contributed by atoms with E-state index in [0.29, 0.717) is 12.0 Å². The van der Waals surface area contributed by atoms with Gasteiger partial charge in [-0.15, -0.1) is 0 Å². The SMILES string of the molecule is CN1CCC(Nc2ncc([N+](=O)[O-])cn2)CC1. The molecule has 1 aromatic heterocycles. The molecular formula is C10H15N5O2. The standard InChI is InChI=1S/C10H15N5O2/c1-14-4-2-8(3-5-14)13-10-11-6-9(7-12-10)15(16)17/h6-8H,2-5H2,1H3,(H,11,12,13). The van der Waals surface area contributed by atoms with Crippen LogP contribution in [0.15, 0.2) is 12.4 Å². The van der Waals surface area contributed by atoms with Gasteiger partial charge in [0.05, 0.1) is 4.92 Å². The molecule has 1 saturated heterocycles. The summed E-state index contributed by atoms with van der Waals surface area (Å²) in [5.41, 5.74) is -0.0843. The lowest BCUT2D eigenvalue weighted by Gasteiger charge is -2.29. The summed E-state index contributed by atoms with van der Waals surface area (Å²) in [7, 11) is 2.10. The highest BCUT2D eigenvalue weighted by Gasteiger charge is 2.17. The molecule has 0 radical (unpaired) electrons. The Morgan fingerprint density at radius 2 is 2.00 bits per heavy atom. The Hall–Kier alpha value is -1.76. The van der Waals surface area contributed by atoms with Crippen molar-refractivity contribution in [1.29, 1.82) is 0 Å². The molecule has 0 aliphatic carbocycles. The van der Waals surface area contributed by atoms with Gasteiger partial charge in [0.25, 0.3) is 0 Å². The number of piperidine rings is 1. The predicted molar refractivity (Wildman–Crippen MR) is 62.8 cm³/mol. The first-order chi connectivity index (χ1) is 8.15. The molecule has 1 fully saturated rings. The third kappa shape index (κ3) is 3.10. The van der Waals surface area contributed by atoms with Crippen molar-refractivity contribution in [3.05, 3.63) is 22.5 Å². The summed E-state index contributed by atoms with van der Waals surface area (Å²) in [6.45, 7) is 2.09. The van der Waals surface area contributed by atoms with Crippen LogP contribution in [0.25, 0.3) is 0 Å². The monoisotopic (exact) mass is 237 g/mol. The number of rotatable bonds is 3. The third-order valence-electron chi connectivity index (χ3n) is 2.90. The van der Waals surface area contributed by atoms with E-state index in [1.165, 1.54) is 12.4 Å². The molecule has 0 saturated carbocycles. The summed E-state index contributed by atoms with van der Waals surface area (Å²) >= 11 is 0. The summed E-state index contributed by atoms with van der Waals surface area (Å²) in [6, 6.07) is 0.354. The minimum Gasteiger partial charge on any atom is -0.351 e. The molecule has 0 bridgehead atoms. The van der Waals surface area contributed by atoms with Gasteiger partial charge >= 0.3 is 5.69 Å². The first kappa shape index (κ1) is 11.7. The maximum Gasteiger partial charge on any atom is 0.305 e. The number of likely N-dealkylation sites (tertiary alicyclic amines) is 1. The molecule has 7 nitrogen and oxygen atoms in total. The fourth-order valence-corrected chi connectivity index (χ4v) is 1.83. The van der Waals surface area contributed by atoms with Gasteiger partial charge in [-0.05, 0) is 33.0 Å². The minimum absolute atomic E-state index is 0.0843. The molecule has 7 heteroatoms. The molecule has 92 valence electrons. The third-order valence-corrected chi connectivity index (χ3v) is 2.90. The average Bonchev–Trinajstić information content (AvgIpc) is 2.33. The molecule has 0 atom stereocenters. The van der Waals surface area contributed by atoms with E-state index in [-0.39, 0.29) is 5.69 Å². The van der Waals surface area contributed by atoms with Crippen LogP contribution in [0.2, 0.25) is 0 Å². The Bertz CT molecular complexity index is 386. The summed E-state index contributed by atoms with van der Waals surface area (Å²) in [6.07, 6.45) is 4.53. The molecule has 0 spiro atoms. The highest BCUT2D eigenvalue weighted by molar-refractivity contribution is 5.31. The van der Waals surface area contributed by atoms with Crippen LogP contribution in [-0.2, 0) is 0 Å². The normalized spacial score (nSPS) is 17.9. The van der Waals surface area contributed by atoms with Crippen molar-refractivity contribution < 1.29 is 4.92 Å². The van der Waals surface area contributed by atoms with Gasteiger partial charge < -0.3 is 10.2 Å². The van der Waals surface area contributed by atoms with Gasteiger partial charge in [-0.25, -0.2) is 9.97 Å². The van der Waals surface area contributed by atoms with Crippen LogP contribution in [-0.4, -0.2) is 46.0 Å². The zero-order valence-corrected chi connectivity index (χ0v) is 9.67. The van der Waals surface area contributed by atoms with Gasteiger partial charge in [0.2, 0.25) is 5.95 Å². The fraction of sp³-hybridized carbons (Fsp3) is 0.600. The minimum atomic E-state index is -0.501. The lowest BCUT2D eigenvalue weighted by Crippen LogP contribution is -2.37. The summed E-state index contributed by atoms with van der Waals surface area (Å²) in [5.74, 6) is 0.463. The molecule has 2 rings (SSSR count). The second-order valence-corrected chi connectivity index (χ2v) is 4.24. The second kappa shape index (κ2) is 5.05. The van der Waals surface area contributed by atoms with Crippen LogP contribution in [0.3, 0.4) is 0 Å². The molecule has 0 aromatic carbocycles. The first-order valence-corrected chi connectivity index (χ1v) is 5.56. The topological polar surface area (TPSA) is 84.2 Å². The van der Waals surface area contributed by atoms with Gasteiger partial charge in [-0.3, -0.25) is 10.1 Å². The van der Waals surface area contributed by atoms with Crippen LogP contribution in [0.4, 0.5) is 11.6 Å². The summed E-state index contributed by atoms with van der Waals surface area (Å²) < 4.78 is 0. The number of aromatic nitrogens is 2. The lowest BCUT2D eigenvalue weighted by molar-refractivity contribution is -0.385. The highest BCUT2D eigenvalue weighted by atomic mass is 16.6. The van der Waals surface area contributed by atoms with Crippen LogP contribution >= 0.6 is 0 Å². The van der Waals surface area contributed by atoms with E-state index in [4.69, 9.17) is 0 Å². The van der Waals surface area contributed by atoms with Crippen molar-refractivity contribution in [2.45, 2.75) is 18.9 Å². The van der Waals surface area contributed by atoms with Gasteiger partial charge in [-0.2, -0.15) is 0 Å². The molecule has 0 amide bonds. The molecule has 1 N–H and O–H groups in total. The second-order valence-electron chi connectivity index (χ2n) is 4.24. The Labute approximate surface area is 99.0 Å². The Balaban J connectivity index is 1.92. The van der Waals surface area contributed by atoms with Crippen molar-refractivity contribution in [3.8, 4) is 0 Å². The van der Waals surface area contributed by atoms with Crippen molar-refractivity contribution in [2.75, 3.05) is 25.5 Å². The quantitative estimate of drug-likeness (QED) is 0.621. The Kier molecular flexibility index (Phi) is 3.48. The number of nitro groups is 1. The predicted octanol–water partition coefficient (Wildman–Crippen LogP) is 0.891. The molecule has 2 heterocycles. The van der Waals surface area contributed by atoms with E-state index in [1.807, 2.05) is 0 Å². The van der Waals surface area contributed by atoms with E-state index < -0.39 is 4.92 Å². The van der Waals surface area contributed by atoms with Gasteiger partial charge in [0.15, 0.2) is 0 Å². The smallest absolute Gasteiger partial charge is 0.305 e. The molecule has 17 heavy (non-hydrogen) atoms. The number of hydrogen-bond donors (Lipinski definition) is 1. The fourth-order valence-electron chi connectivity index (χ4n) is 1.83. The van der Waals surface area contributed by atoms with Crippen LogP contribution in [0, 0.1) is 10.1 Å². The van der Waals surface area contributed by atoms with Crippen molar-refractivity contribution >= 4 is 11.6 Å². The van der Waals surface area contributed by atoms with Crippen molar-refractivity contribution in [2.24, 2.45) is 0 Å². The van der Waals surface area contributed by atoms with E-state index in [0.717, 1.165) is 25.9 Å². The van der Waals surface area contributed by atoms with Gasteiger partial charge in [0.1, 0.15) is 12.4 Å². The van der Waals surface area contributed by atoms with Crippen molar-refractivity contribution in [1.82, 2.24) is 14.9 Å². The molecule has 1 aromatic rings. The zero-order valence-electron chi connectivity index (χ0n) is 9.67. The van der Waals surface area contributed by atoms with E-state index in [9.17, 15) is 10.1 Å². The lowest BCUT2D eigenvalue weighted by atomic mass is 10.1. The summed E-state index contributed by atoms with van der Waals surface area (Å²) in [5, 5.41) is 13.6. The molecule has 0 unspecified atom stereocenters. The van der Waals surface area contributed by atoms with E-state index in [1.54, 1.807) is 0 Å². The Morgan fingerprint density at radius 1 is 1.41 bits per heavy atom. The number of nitrogens with zero attached hydrogens (tertiary/aromatic N) is 4. The van der Waals surface area contributed by atoms with Crippen LogP contribution < -0.4 is 5.32 Å². The number of nitrogens with one attached hydrogen (secondary N) is 1. The highest BCUT2D eigenvalue weighted by Crippen LogP contribution is 2.14. The van der Waals surface area contributed by atoms with Crippen LogP contribution in [0.5, 0.6) is 0 Å². The molecular weight excluding hydrogens is 222 g/mol. The van der Waals surface area contributed by atoms with E-state index >= 15 is 0 Å².